The molecule has 2 aromatic rings. The van der Waals surface area contributed by atoms with E-state index in [-0.39, 0.29) is 6.03 Å². The Kier molecular flexibility index (Phi) is 3.97. The first-order chi connectivity index (χ1) is 9.19. The fourth-order valence-electron chi connectivity index (χ4n) is 1.62. The van der Waals surface area contributed by atoms with Gasteiger partial charge in [0.1, 0.15) is 11.6 Å². The van der Waals surface area contributed by atoms with Crippen molar-refractivity contribution in [3.05, 3.63) is 48.2 Å². The van der Waals surface area contributed by atoms with E-state index in [1.165, 1.54) is 0 Å². The highest BCUT2D eigenvalue weighted by molar-refractivity contribution is 6.00. The Hall–Kier alpha value is -2.56. The summed E-state index contributed by atoms with van der Waals surface area (Å²) in [7, 11) is 1.56. The molecule has 0 aliphatic rings. The van der Waals surface area contributed by atoms with Gasteiger partial charge < -0.3 is 10.1 Å². The Balaban J connectivity index is 2.05. The number of methoxy groups -OCH3 is 1. The first-order valence-electron chi connectivity index (χ1n) is 5.83. The van der Waals surface area contributed by atoms with Crippen LogP contribution in [-0.2, 0) is 0 Å². The van der Waals surface area contributed by atoms with Gasteiger partial charge in [0.2, 0.25) is 0 Å². The molecule has 0 radical (unpaired) electrons. The Morgan fingerprint density at radius 3 is 2.74 bits per heavy atom. The molecule has 98 valence electrons. The molecule has 2 rings (SSSR count). The molecule has 2 N–H and O–H groups in total. The molecular formula is C14H15N3O2. The van der Waals surface area contributed by atoms with Crippen molar-refractivity contribution in [2.75, 3.05) is 17.7 Å². The van der Waals surface area contributed by atoms with Crippen molar-refractivity contribution in [1.82, 2.24) is 4.98 Å². The van der Waals surface area contributed by atoms with Gasteiger partial charge in [-0.3, -0.25) is 5.32 Å². The number of amides is 2. The van der Waals surface area contributed by atoms with Gasteiger partial charge in [-0.1, -0.05) is 12.1 Å². The van der Waals surface area contributed by atoms with Gasteiger partial charge in [-0.15, -0.1) is 0 Å². The molecule has 0 spiro atoms. The molecule has 19 heavy (non-hydrogen) atoms. The van der Waals surface area contributed by atoms with Gasteiger partial charge >= 0.3 is 6.03 Å². The number of hydrogen-bond donors (Lipinski definition) is 2. The van der Waals surface area contributed by atoms with Crippen LogP contribution in [0.2, 0.25) is 0 Å². The molecule has 0 fully saturated rings. The van der Waals surface area contributed by atoms with E-state index in [2.05, 4.69) is 15.6 Å². The minimum atomic E-state index is -0.359. The van der Waals surface area contributed by atoms with Crippen LogP contribution in [0.25, 0.3) is 0 Å². The molecule has 1 aromatic heterocycles. The van der Waals surface area contributed by atoms with Crippen LogP contribution in [0.1, 0.15) is 5.56 Å². The third-order valence-corrected chi connectivity index (χ3v) is 2.51. The van der Waals surface area contributed by atoms with Crippen molar-refractivity contribution in [3.8, 4) is 5.75 Å². The number of urea groups is 1. The van der Waals surface area contributed by atoms with Gasteiger partial charge in [0, 0.05) is 6.20 Å². The van der Waals surface area contributed by atoms with E-state index in [0.717, 1.165) is 5.56 Å². The summed E-state index contributed by atoms with van der Waals surface area (Å²) in [6.45, 7) is 1.94. The lowest BCUT2D eigenvalue weighted by molar-refractivity contribution is 0.262. The van der Waals surface area contributed by atoms with E-state index in [4.69, 9.17) is 4.74 Å². The number of benzene rings is 1. The second kappa shape index (κ2) is 5.86. The van der Waals surface area contributed by atoms with Crippen LogP contribution in [0.15, 0.2) is 42.6 Å². The number of carbonyl (C=O) groups excluding carboxylic acids is 1. The molecule has 0 aliphatic heterocycles. The lowest BCUT2D eigenvalue weighted by atomic mass is 10.3. The molecule has 5 nitrogen and oxygen atoms in total. The third kappa shape index (κ3) is 3.45. The largest absolute Gasteiger partial charge is 0.495 e. The first-order valence-corrected chi connectivity index (χ1v) is 5.83. The molecule has 2 amide bonds. The topological polar surface area (TPSA) is 63.2 Å². The van der Waals surface area contributed by atoms with Crippen LogP contribution in [0.4, 0.5) is 16.3 Å². The van der Waals surface area contributed by atoms with Crippen LogP contribution >= 0.6 is 0 Å². The molecule has 1 aromatic carbocycles. The number of anilines is 2. The van der Waals surface area contributed by atoms with Crippen molar-refractivity contribution in [2.45, 2.75) is 6.92 Å². The highest BCUT2D eigenvalue weighted by Crippen LogP contribution is 2.23. The van der Waals surface area contributed by atoms with Crippen molar-refractivity contribution < 1.29 is 9.53 Å². The zero-order valence-corrected chi connectivity index (χ0v) is 10.8. The number of rotatable bonds is 3. The smallest absolute Gasteiger partial charge is 0.324 e. The summed E-state index contributed by atoms with van der Waals surface area (Å²) in [6, 6.07) is 10.5. The summed E-state index contributed by atoms with van der Waals surface area (Å²) in [4.78, 5) is 15.9. The van der Waals surface area contributed by atoms with Crippen molar-refractivity contribution in [1.29, 1.82) is 0 Å². The maximum absolute atomic E-state index is 11.8. The van der Waals surface area contributed by atoms with Crippen LogP contribution in [0, 0.1) is 6.92 Å². The van der Waals surface area contributed by atoms with E-state index in [0.29, 0.717) is 17.3 Å². The molecular weight excluding hydrogens is 242 g/mol. The van der Waals surface area contributed by atoms with E-state index in [1.807, 2.05) is 25.1 Å². The second-order valence-corrected chi connectivity index (χ2v) is 4.00. The highest BCUT2D eigenvalue weighted by Gasteiger charge is 2.07. The number of hydrogen-bond acceptors (Lipinski definition) is 3. The molecule has 0 unspecified atom stereocenters. The Labute approximate surface area is 111 Å². The quantitative estimate of drug-likeness (QED) is 0.888. The van der Waals surface area contributed by atoms with Crippen LogP contribution in [0.3, 0.4) is 0 Å². The molecule has 1 heterocycles. The van der Waals surface area contributed by atoms with E-state index in [1.54, 1.807) is 31.5 Å². The highest BCUT2D eigenvalue weighted by atomic mass is 16.5. The predicted molar refractivity (Wildman–Crippen MR) is 74.6 cm³/mol. The summed E-state index contributed by atoms with van der Waals surface area (Å²) in [5, 5.41) is 5.38. The van der Waals surface area contributed by atoms with Gasteiger partial charge in [-0.05, 0) is 36.8 Å². The summed E-state index contributed by atoms with van der Waals surface area (Å²) in [5.41, 5.74) is 1.64. The fourth-order valence-corrected chi connectivity index (χ4v) is 1.62. The van der Waals surface area contributed by atoms with Crippen molar-refractivity contribution >= 4 is 17.5 Å². The number of carbonyl (C=O) groups is 1. The molecule has 0 bridgehead atoms. The first kappa shape index (κ1) is 12.9. The van der Waals surface area contributed by atoms with Crippen LogP contribution < -0.4 is 15.4 Å². The van der Waals surface area contributed by atoms with Gasteiger partial charge in [0.15, 0.2) is 0 Å². The monoisotopic (exact) mass is 257 g/mol. The molecule has 0 saturated carbocycles. The zero-order chi connectivity index (χ0) is 13.7. The number of aromatic nitrogens is 1. The third-order valence-electron chi connectivity index (χ3n) is 2.51. The number of nitrogens with one attached hydrogen (secondary N) is 2. The standard InChI is InChI=1S/C14H15N3O2/c1-10-7-8-15-13(9-10)17-14(18)16-11-5-3-4-6-12(11)19-2/h3-9H,1-2H3,(H2,15,16,17,18). The number of aryl methyl sites for hydroxylation is 1. The van der Waals surface area contributed by atoms with Crippen LogP contribution in [-0.4, -0.2) is 18.1 Å². The number of pyridine rings is 1. The SMILES string of the molecule is COc1ccccc1NC(=O)Nc1cc(C)ccn1. The summed E-state index contributed by atoms with van der Waals surface area (Å²) in [6.07, 6.45) is 1.65. The van der Waals surface area contributed by atoms with Gasteiger partial charge in [-0.2, -0.15) is 0 Å². The molecule has 0 saturated heterocycles. The summed E-state index contributed by atoms with van der Waals surface area (Å²) in [5.74, 6) is 1.11. The summed E-state index contributed by atoms with van der Waals surface area (Å²) < 4.78 is 5.16. The van der Waals surface area contributed by atoms with E-state index < -0.39 is 0 Å². The van der Waals surface area contributed by atoms with Gasteiger partial charge in [0.05, 0.1) is 12.8 Å². The van der Waals surface area contributed by atoms with E-state index >= 15 is 0 Å². The second-order valence-electron chi connectivity index (χ2n) is 4.00. The minimum absolute atomic E-state index is 0.359. The van der Waals surface area contributed by atoms with Crippen LogP contribution in [0.5, 0.6) is 5.75 Å². The number of ether oxygens (including phenoxy) is 1. The average molecular weight is 257 g/mol. The fraction of sp³-hybridized carbons (Fsp3) is 0.143. The maximum atomic E-state index is 11.8. The number of nitrogens with zero attached hydrogens (tertiary/aromatic N) is 1. The zero-order valence-electron chi connectivity index (χ0n) is 10.8. The predicted octanol–water partition coefficient (Wildman–Crippen LogP) is 3.04. The molecule has 0 aliphatic carbocycles. The Bertz CT molecular complexity index is 584. The Morgan fingerprint density at radius 2 is 2.00 bits per heavy atom. The maximum Gasteiger partial charge on any atom is 0.324 e. The Morgan fingerprint density at radius 1 is 1.21 bits per heavy atom. The molecule has 0 atom stereocenters. The van der Waals surface area contributed by atoms with Gasteiger partial charge in [0.25, 0.3) is 0 Å². The van der Waals surface area contributed by atoms with Crippen molar-refractivity contribution in [2.24, 2.45) is 0 Å². The normalized spacial score (nSPS) is 9.79. The molecule has 5 heteroatoms. The average Bonchev–Trinajstić information content (AvgIpc) is 2.39. The van der Waals surface area contributed by atoms with Gasteiger partial charge in [-0.25, -0.2) is 9.78 Å². The lowest BCUT2D eigenvalue weighted by Crippen LogP contribution is -2.20. The summed E-state index contributed by atoms with van der Waals surface area (Å²) >= 11 is 0. The van der Waals surface area contributed by atoms with E-state index in [9.17, 15) is 4.79 Å². The minimum Gasteiger partial charge on any atom is -0.495 e. The van der Waals surface area contributed by atoms with Crippen molar-refractivity contribution in [3.63, 3.8) is 0 Å². The lowest BCUT2D eigenvalue weighted by Gasteiger charge is -2.10. The number of para-hydroxylation sites is 2.